The Morgan fingerprint density at radius 1 is 0.857 bits per heavy atom. The fourth-order valence-corrected chi connectivity index (χ4v) is 5.56. The molecular formula is C25H20Cl5N3O2. The van der Waals surface area contributed by atoms with Crippen LogP contribution in [0.2, 0.25) is 15.1 Å². The molecular weight excluding hydrogens is 552 g/mol. The Morgan fingerprint density at radius 3 is 2.14 bits per heavy atom. The molecule has 35 heavy (non-hydrogen) atoms. The molecule has 0 saturated heterocycles. The van der Waals surface area contributed by atoms with E-state index in [1.807, 2.05) is 19.1 Å². The van der Waals surface area contributed by atoms with Crippen LogP contribution >= 0.6 is 58.0 Å². The van der Waals surface area contributed by atoms with E-state index < -0.39 is 28.0 Å². The molecule has 0 bridgehead atoms. The maximum absolute atomic E-state index is 13.0. The summed E-state index contributed by atoms with van der Waals surface area (Å²) in [6.07, 6.45) is 0. The molecule has 0 radical (unpaired) electrons. The number of alkyl halides is 2. The van der Waals surface area contributed by atoms with Crippen LogP contribution in [0.3, 0.4) is 0 Å². The quantitative estimate of drug-likeness (QED) is 0.265. The van der Waals surface area contributed by atoms with E-state index >= 15 is 0 Å². The normalized spacial score (nSPS) is 18.0. The third-order valence-electron chi connectivity index (χ3n) is 5.82. The van der Waals surface area contributed by atoms with Crippen LogP contribution in [0.25, 0.3) is 0 Å². The van der Waals surface area contributed by atoms with E-state index in [2.05, 4.69) is 16.0 Å². The Balaban J connectivity index is 1.51. The molecule has 2 amide bonds. The lowest BCUT2D eigenvalue weighted by atomic mass is 10.1. The smallest absolute Gasteiger partial charge is 0.257 e. The van der Waals surface area contributed by atoms with Gasteiger partial charge in [-0.15, -0.1) is 23.2 Å². The maximum atomic E-state index is 13.0. The molecule has 1 aliphatic carbocycles. The SMILES string of the molecule is CNc1cc(NC(=O)c2cc(NC(=O)[C@H]3[C@H](c4cc(Cl)cc(Cl)c4)C3(Cl)Cl)ccc2Cl)ccc1C. The first-order valence-electron chi connectivity index (χ1n) is 10.5. The Morgan fingerprint density at radius 2 is 1.49 bits per heavy atom. The van der Waals surface area contributed by atoms with Gasteiger partial charge in [-0.05, 0) is 66.6 Å². The third-order valence-corrected chi connectivity index (χ3v) is 7.53. The highest BCUT2D eigenvalue weighted by atomic mass is 35.5. The van der Waals surface area contributed by atoms with E-state index in [0.717, 1.165) is 11.3 Å². The fourth-order valence-electron chi connectivity index (χ4n) is 3.99. The summed E-state index contributed by atoms with van der Waals surface area (Å²) >= 11 is 31.3. The average molecular weight is 572 g/mol. The first-order valence-corrected chi connectivity index (χ1v) is 12.4. The fraction of sp³-hybridized carbons (Fsp3) is 0.200. The Kier molecular flexibility index (Phi) is 7.46. The summed E-state index contributed by atoms with van der Waals surface area (Å²) in [6.45, 7) is 1.96. The summed E-state index contributed by atoms with van der Waals surface area (Å²) < 4.78 is -1.32. The number of halogens is 5. The molecule has 4 rings (SSSR count). The second-order valence-corrected chi connectivity index (χ2v) is 11.0. The minimum atomic E-state index is -1.32. The van der Waals surface area contributed by atoms with Gasteiger partial charge < -0.3 is 16.0 Å². The highest BCUT2D eigenvalue weighted by Crippen LogP contribution is 2.65. The summed E-state index contributed by atoms with van der Waals surface area (Å²) in [5.41, 5.74) is 3.78. The van der Waals surface area contributed by atoms with Crippen LogP contribution in [-0.2, 0) is 4.79 Å². The summed E-state index contributed by atoms with van der Waals surface area (Å²) in [5.74, 6) is -2.04. The van der Waals surface area contributed by atoms with Crippen molar-refractivity contribution in [2.24, 2.45) is 5.92 Å². The zero-order valence-corrected chi connectivity index (χ0v) is 22.3. The zero-order chi connectivity index (χ0) is 25.5. The number of hydrogen-bond donors (Lipinski definition) is 3. The summed E-state index contributed by atoms with van der Waals surface area (Å²) in [4.78, 5) is 25.9. The monoisotopic (exact) mass is 569 g/mol. The molecule has 3 N–H and O–H groups in total. The largest absolute Gasteiger partial charge is 0.388 e. The minimum absolute atomic E-state index is 0.202. The van der Waals surface area contributed by atoms with Crippen LogP contribution in [0, 0.1) is 12.8 Å². The van der Waals surface area contributed by atoms with Gasteiger partial charge in [0, 0.05) is 40.1 Å². The van der Waals surface area contributed by atoms with Gasteiger partial charge in [0.2, 0.25) is 5.91 Å². The molecule has 5 nitrogen and oxygen atoms in total. The van der Waals surface area contributed by atoms with E-state index in [4.69, 9.17) is 58.0 Å². The van der Waals surface area contributed by atoms with Crippen molar-refractivity contribution in [1.82, 2.24) is 0 Å². The van der Waals surface area contributed by atoms with E-state index in [9.17, 15) is 9.59 Å². The standard InChI is InChI=1S/C25H20Cl5N3O2/c1-12-3-4-17(11-20(12)31-2)32-23(34)18-10-16(5-6-19(18)28)33-24(35)22-21(25(22,29)30)13-7-14(26)9-15(27)8-13/h3-11,21-22,31H,1-2H3,(H,32,34)(H,33,35)/t21-,22+/m0/s1. The molecule has 1 aliphatic rings. The molecule has 0 heterocycles. The highest BCUT2D eigenvalue weighted by molar-refractivity contribution is 6.53. The van der Waals surface area contributed by atoms with Crippen LogP contribution in [0.1, 0.15) is 27.4 Å². The molecule has 0 unspecified atom stereocenters. The van der Waals surface area contributed by atoms with Crippen molar-refractivity contribution in [3.05, 3.63) is 86.4 Å². The van der Waals surface area contributed by atoms with Gasteiger partial charge in [-0.1, -0.05) is 40.9 Å². The van der Waals surface area contributed by atoms with E-state index in [1.54, 1.807) is 37.4 Å². The van der Waals surface area contributed by atoms with Crippen molar-refractivity contribution in [3.8, 4) is 0 Å². The van der Waals surface area contributed by atoms with Crippen LogP contribution in [-0.4, -0.2) is 23.2 Å². The predicted molar refractivity (Wildman–Crippen MR) is 146 cm³/mol. The average Bonchev–Trinajstić information content (AvgIpc) is 3.37. The van der Waals surface area contributed by atoms with Crippen molar-refractivity contribution in [3.63, 3.8) is 0 Å². The molecule has 1 saturated carbocycles. The Labute approximate surface area is 228 Å². The highest BCUT2D eigenvalue weighted by Gasteiger charge is 2.67. The second-order valence-electron chi connectivity index (χ2n) is 8.25. The third kappa shape index (κ3) is 5.50. The lowest BCUT2D eigenvalue weighted by Gasteiger charge is -2.12. The van der Waals surface area contributed by atoms with Crippen molar-refractivity contribution < 1.29 is 9.59 Å². The second kappa shape index (κ2) is 10.1. The number of anilines is 3. The van der Waals surface area contributed by atoms with Gasteiger partial charge in [0.15, 0.2) is 0 Å². The lowest BCUT2D eigenvalue weighted by molar-refractivity contribution is -0.117. The van der Waals surface area contributed by atoms with Crippen molar-refractivity contribution >= 4 is 86.9 Å². The van der Waals surface area contributed by atoms with Crippen molar-refractivity contribution in [1.29, 1.82) is 0 Å². The first kappa shape index (κ1) is 25.9. The first-order chi connectivity index (χ1) is 16.5. The predicted octanol–water partition coefficient (Wildman–Crippen LogP) is 7.78. The van der Waals surface area contributed by atoms with E-state index in [-0.39, 0.29) is 10.6 Å². The van der Waals surface area contributed by atoms with Gasteiger partial charge in [-0.2, -0.15) is 0 Å². The summed E-state index contributed by atoms with van der Waals surface area (Å²) in [7, 11) is 1.80. The number of nitrogens with one attached hydrogen (secondary N) is 3. The van der Waals surface area contributed by atoms with Gasteiger partial charge in [-0.25, -0.2) is 0 Å². The van der Waals surface area contributed by atoms with Crippen LogP contribution in [0.4, 0.5) is 17.1 Å². The molecule has 1 fully saturated rings. The number of rotatable bonds is 6. The number of aryl methyl sites for hydroxylation is 1. The number of carbonyl (C=O) groups excluding carboxylic acids is 2. The summed E-state index contributed by atoms with van der Waals surface area (Å²) in [6, 6.07) is 15.1. The number of amides is 2. The van der Waals surface area contributed by atoms with Gasteiger partial charge >= 0.3 is 0 Å². The molecule has 0 aromatic heterocycles. The maximum Gasteiger partial charge on any atom is 0.257 e. The molecule has 3 aromatic carbocycles. The van der Waals surface area contributed by atoms with Gasteiger partial charge in [0.25, 0.3) is 5.91 Å². The van der Waals surface area contributed by atoms with Crippen LogP contribution in [0.15, 0.2) is 54.6 Å². The van der Waals surface area contributed by atoms with Crippen molar-refractivity contribution in [2.45, 2.75) is 17.2 Å². The molecule has 10 heteroatoms. The molecule has 3 aromatic rings. The Hall–Kier alpha value is -2.15. The number of benzene rings is 3. The molecule has 0 spiro atoms. The lowest BCUT2D eigenvalue weighted by Crippen LogP contribution is -2.18. The summed E-state index contributed by atoms with van der Waals surface area (Å²) in [5, 5.41) is 9.76. The Bertz CT molecular complexity index is 1310. The molecule has 2 atom stereocenters. The minimum Gasteiger partial charge on any atom is -0.388 e. The van der Waals surface area contributed by atoms with Gasteiger partial charge in [0.1, 0.15) is 4.33 Å². The molecule has 0 aliphatic heterocycles. The topological polar surface area (TPSA) is 70.2 Å². The number of carbonyl (C=O) groups is 2. The van der Waals surface area contributed by atoms with E-state index in [0.29, 0.717) is 27.0 Å². The van der Waals surface area contributed by atoms with E-state index in [1.165, 1.54) is 12.1 Å². The zero-order valence-electron chi connectivity index (χ0n) is 18.6. The van der Waals surface area contributed by atoms with Crippen molar-refractivity contribution in [2.75, 3.05) is 23.0 Å². The van der Waals surface area contributed by atoms with Gasteiger partial charge in [-0.3, -0.25) is 9.59 Å². The van der Waals surface area contributed by atoms with Crippen LogP contribution < -0.4 is 16.0 Å². The number of hydrogen-bond acceptors (Lipinski definition) is 3. The molecule has 182 valence electrons. The van der Waals surface area contributed by atoms with Gasteiger partial charge in [0.05, 0.1) is 16.5 Å². The van der Waals surface area contributed by atoms with Crippen LogP contribution in [0.5, 0.6) is 0 Å².